The minimum Gasteiger partial charge on any atom is -0.462 e. The van der Waals surface area contributed by atoms with Gasteiger partial charge in [0.15, 0.2) is 6.10 Å². The third-order valence-electron chi connectivity index (χ3n) is 9.47. The normalized spacial score (nSPS) is 14.1. The molecule has 0 rings (SSSR count). The number of hydrogen-bond acceptors (Lipinski definition) is 8. The van der Waals surface area contributed by atoms with Gasteiger partial charge in [-0.25, -0.2) is 4.57 Å². The van der Waals surface area contributed by atoms with E-state index >= 15 is 0 Å². The maximum Gasteiger partial charge on any atom is 0.472 e. The Bertz CT molecular complexity index is 1320. The van der Waals surface area contributed by atoms with Crippen LogP contribution in [0.15, 0.2) is 97.2 Å². The van der Waals surface area contributed by atoms with Crippen LogP contribution in [0.3, 0.4) is 0 Å². The Morgan fingerprint density at radius 1 is 0.492 bits per heavy atom. The Labute approximate surface area is 372 Å². The van der Waals surface area contributed by atoms with Crippen LogP contribution in [0.1, 0.15) is 181 Å². The average Bonchev–Trinajstić information content (AvgIpc) is 3.25. The number of unbranched alkanes of at least 4 members (excludes halogenated alkanes) is 14. The SMILES string of the molecule is CC/C=C\C/C=C\C/C=C\C/C=C\CCCCCCCCCCCCCCC(=O)OC(COC(=O)CCCC/C=C\C/C=C\C/C=C\C/C=C\CC)COP(=O)(O)OCCN. The molecule has 0 saturated heterocycles. The first-order valence-electron chi connectivity index (χ1n) is 23.7. The Balaban J connectivity index is 4.11. The van der Waals surface area contributed by atoms with Gasteiger partial charge in [-0.2, -0.15) is 0 Å². The highest BCUT2D eigenvalue weighted by atomic mass is 31.2. The first kappa shape index (κ1) is 57.9. The molecule has 0 aromatic rings. The number of allylic oxidation sites excluding steroid dienone is 16. The average molecular weight is 872 g/mol. The standard InChI is InChI=1S/C51H86NO8P/c1-3-5-7-9-11-13-15-17-19-20-21-22-23-24-25-26-27-28-30-32-34-36-38-40-42-44-51(54)60-49(48-59-61(55,56)58-46-45-52)47-57-50(53)43-41-39-37-35-33-31-29-18-16-14-12-10-8-6-4-2/h5-8,11-14,17-19,21-22,29,33,35,49H,3-4,9-10,15-16,20,23-28,30-32,34,36-48,52H2,1-2H3,(H,55,56)/b7-5-,8-6-,13-11-,14-12-,19-17-,22-21-,29-18-,35-33-. The molecule has 10 heteroatoms. The van der Waals surface area contributed by atoms with Gasteiger partial charge in [0.05, 0.1) is 13.2 Å². The molecular formula is C51H86NO8P. The minimum atomic E-state index is -4.40. The zero-order chi connectivity index (χ0) is 44.6. The zero-order valence-corrected chi connectivity index (χ0v) is 39.3. The van der Waals surface area contributed by atoms with Crippen LogP contribution in [0.25, 0.3) is 0 Å². The Morgan fingerprint density at radius 2 is 0.852 bits per heavy atom. The molecule has 0 spiro atoms. The van der Waals surface area contributed by atoms with E-state index in [4.69, 9.17) is 24.3 Å². The molecule has 0 amide bonds. The molecule has 0 fully saturated rings. The van der Waals surface area contributed by atoms with Crippen molar-refractivity contribution < 1.29 is 37.6 Å². The maximum atomic E-state index is 12.6. The summed E-state index contributed by atoms with van der Waals surface area (Å²) in [6.07, 6.45) is 60.2. The first-order valence-corrected chi connectivity index (χ1v) is 25.2. The molecule has 3 N–H and O–H groups in total. The molecule has 0 heterocycles. The smallest absolute Gasteiger partial charge is 0.462 e. The first-order chi connectivity index (χ1) is 29.8. The number of hydrogen-bond donors (Lipinski definition) is 2. The summed E-state index contributed by atoms with van der Waals surface area (Å²) in [6.45, 7) is 3.44. The lowest BCUT2D eigenvalue weighted by Crippen LogP contribution is -2.29. The molecule has 0 aliphatic rings. The van der Waals surface area contributed by atoms with E-state index in [1.165, 1.54) is 57.8 Å². The van der Waals surface area contributed by atoms with Gasteiger partial charge in [-0.3, -0.25) is 18.6 Å². The lowest BCUT2D eigenvalue weighted by molar-refractivity contribution is -0.161. The highest BCUT2D eigenvalue weighted by Crippen LogP contribution is 2.43. The Hall–Kier alpha value is -3.07. The Kier molecular flexibility index (Phi) is 44.1. The summed E-state index contributed by atoms with van der Waals surface area (Å²) in [5.41, 5.74) is 5.35. The number of carbonyl (C=O) groups excluding carboxylic acids is 2. The van der Waals surface area contributed by atoms with Crippen molar-refractivity contribution >= 4 is 19.8 Å². The van der Waals surface area contributed by atoms with Crippen molar-refractivity contribution in [2.24, 2.45) is 5.73 Å². The summed E-state index contributed by atoms with van der Waals surface area (Å²) in [6, 6.07) is 0. The second kappa shape index (κ2) is 46.4. The zero-order valence-electron chi connectivity index (χ0n) is 38.4. The van der Waals surface area contributed by atoms with Gasteiger partial charge < -0.3 is 20.1 Å². The second-order valence-corrected chi connectivity index (χ2v) is 16.7. The lowest BCUT2D eigenvalue weighted by atomic mass is 10.0. The topological polar surface area (TPSA) is 134 Å². The summed E-state index contributed by atoms with van der Waals surface area (Å²) >= 11 is 0. The van der Waals surface area contributed by atoms with Crippen molar-refractivity contribution in [3.8, 4) is 0 Å². The summed E-state index contributed by atoms with van der Waals surface area (Å²) in [5, 5.41) is 0. The van der Waals surface area contributed by atoms with E-state index in [0.717, 1.165) is 83.5 Å². The highest BCUT2D eigenvalue weighted by Gasteiger charge is 2.26. The molecule has 348 valence electrons. The fraction of sp³-hybridized carbons (Fsp3) is 0.647. The van der Waals surface area contributed by atoms with Crippen molar-refractivity contribution in [2.75, 3.05) is 26.4 Å². The van der Waals surface area contributed by atoms with Crippen molar-refractivity contribution in [1.82, 2.24) is 0 Å². The quantitative estimate of drug-likeness (QED) is 0.0266. The van der Waals surface area contributed by atoms with E-state index in [1.807, 2.05) is 0 Å². The van der Waals surface area contributed by atoms with Gasteiger partial charge in [0, 0.05) is 19.4 Å². The summed E-state index contributed by atoms with van der Waals surface area (Å²) in [5.74, 6) is -0.886. The van der Waals surface area contributed by atoms with E-state index in [-0.39, 0.29) is 32.6 Å². The highest BCUT2D eigenvalue weighted by molar-refractivity contribution is 7.47. The minimum absolute atomic E-state index is 0.0425. The number of carbonyl (C=O) groups is 2. The predicted octanol–water partition coefficient (Wildman–Crippen LogP) is 14.2. The van der Waals surface area contributed by atoms with E-state index < -0.39 is 32.5 Å². The second-order valence-electron chi connectivity index (χ2n) is 15.2. The molecule has 0 radical (unpaired) electrons. The van der Waals surface area contributed by atoms with Gasteiger partial charge in [-0.05, 0) is 89.9 Å². The van der Waals surface area contributed by atoms with Crippen LogP contribution in [0.5, 0.6) is 0 Å². The molecule has 9 nitrogen and oxygen atoms in total. The molecule has 2 unspecified atom stereocenters. The molecule has 0 aromatic heterocycles. The van der Waals surface area contributed by atoms with Gasteiger partial charge in [-0.15, -0.1) is 0 Å². The van der Waals surface area contributed by atoms with Crippen molar-refractivity contribution in [1.29, 1.82) is 0 Å². The summed E-state index contributed by atoms with van der Waals surface area (Å²) < 4.78 is 32.8. The summed E-state index contributed by atoms with van der Waals surface area (Å²) in [7, 11) is -4.40. The molecular weight excluding hydrogens is 786 g/mol. The van der Waals surface area contributed by atoms with Gasteiger partial charge >= 0.3 is 19.8 Å². The van der Waals surface area contributed by atoms with E-state index in [0.29, 0.717) is 12.8 Å². The van der Waals surface area contributed by atoms with Crippen molar-refractivity contribution in [3.05, 3.63) is 97.2 Å². The van der Waals surface area contributed by atoms with Crippen LogP contribution in [0.4, 0.5) is 0 Å². The molecule has 0 aliphatic heterocycles. The van der Waals surface area contributed by atoms with Crippen molar-refractivity contribution in [3.63, 3.8) is 0 Å². The number of rotatable bonds is 43. The molecule has 2 atom stereocenters. The number of nitrogens with two attached hydrogens (primary N) is 1. The van der Waals surface area contributed by atoms with Gasteiger partial charge in [0.25, 0.3) is 0 Å². The number of phosphoric ester groups is 1. The fourth-order valence-electron chi connectivity index (χ4n) is 6.03. The molecule has 0 bridgehead atoms. The van der Waals surface area contributed by atoms with E-state index in [1.54, 1.807) is 0 Å². The maximum absolute atomic E-state index is 12.6. The third-order valence-corrected chi connectivity index (χ3v) is 10.4. The van der Waals surface area contributed by atoms with Gasteiger partial charge in [0.1, 0.15) is 6.61 Å². The number of phosphoric acid groups is 1. The number of esters is 2. The van der Waals surface area contributed by atoms with Gasteiger partial charge in [-0.1, -0.05) is 175 Å². The van der Waals surface area contributed by atoms with Crippen LogP contribution >= 0.6 is 7.82 Å². The van der Waals surface area contributed by atoms with Crippen LogP contribution in [0.2, 0.25) is 0 Å². The molecule has 61 heavy (non-hydrogen) atoms. The van der Waals surface area contributed by atoms with Gasteiger partial charge in [0.2, 0.25) is 0 Å². The largest absolute Gasteiger partial charge is 0.472 e. The molecule has 0 aliphatic carbocycles. The number of ether oxygens (including phenoxy) is 2. The molecule has 0 aromatic carbocycles. The molecule has 0 saturated carbocycles. The van der Waals surface area contributed by atoms with Crippen LogP contribution in [-0.2, 0) is 32.7 Å². The third kappa shape index (κ3) is 46.3. The predicted molar refractivity (Wildman–Crippen MR) is 256 cm³/mol. The van der Waals surface area contributed by atoms with Crippen LogP contribution in [0, 0.1) is 0 Å². The monoisotopic (exact) mass is 872 g/mol. The summed E-state index contributed by atoms with van der Waals surface area (Å²) in [4.78, 5) is 34.9. The lowest BCUT2D eigenvalue weighted by Gasteiger charge is -2.19. The van der Waals surface area contributed by atoms with E-state index in [2.05, 4.69) is 111 Å². The van der Waals surface area contributed by atoms with E-state index in [9.17, 15) is 19.0 Å². The van der Waals surface area contributed by atoms with Crippen molar-refractivity contribution in [2.45, 2.75) is 187 Å². The Morgan fingerprint density at radius 3 is 1.30 bits per heavy atom. The van der Waals surface area contributed by atoms with Crippen LogP contribution < -0.4 is 5.73 Å². The van der Waals surface area contributed by atoms with Crippen LogP contribution in [-0.4, -0.2) is 49.3 Å². The fourth-order valence-corrected chi connectivity index (χ4v) is 6.79.